The van der Waals surface area contributed by atoms with Gasteiger partial charge in [-0.05, 0) is 37.5 Å². The van der Waals surface area contributed by atoms with Crippen molar-refractivity contribution >= 4 is 8.32 Å². The summed E-state index contributed by atoms with van der Waals surface area (Å²) >= 11 is 0. The van der Waals surface area contributed by atoms with Crippen LogP contribution in [0.2, 0.25) is 18.1 Å². The first-order chi connectivity index (χ1) is 6.76. The van der Waals surface area contributed by atoms with E-state index in [2.05, 4.69) is 26.1 Å². The van der Waals surface area contributed by atoms with Gasteiger partial charge in [-0.2, -0.15) is 0 Å². The zero-order chi connectivity index (χ0) is 10.4. The molecule has 1 fully saturated rings. The van der Waals surface area contributed by atoms with Gasteiger partial charge in [0.1, 0.15) is 0 Å². The quantitative estimate of drug-likeness (QED) is 0.688. The first-order valence-electron chi connectivity index (χ1n) is 6.13. The number of hydrogen-bond acceptors (Lipinski definition) is 2. The van der Waals surface area contributed by atoms with E-state index >= 15 is 0 Å². The van der Waals surface area contributed by atoms with Gasteiger partial charge in [-0.25, -0.2) is 0 Å². The second-order valence-electron chi connectivity index (χ2n) is 4.35. The van der Waals surface area contributed by atoms with E-state index in [1.807, 2.05) is 0 Å². The fourth-order valence-electron chi connectivity index (χ4n) is 2.23. The Bertz CT molecular complexity index is 145. The van der Waals surface area contributed by atoms with Gasteiger partial charge in [-0.15, -0.1) is 0 Å². The lowest BCUT2D eigenvalue weighted by atomic mass is 10.2. The monoisotopic (exact) mass is 215 g/mol. The normalized spacial score (nSPS) is 22.9. The van der Waals surface area contributed by atoms with Crippen LogP contribution in [0.3, 0.4) is 0 Å². The highest BCUT2D eigenvalue weighted by Gasteiger charge is 2.29. The van der Waals surface area contributed by atoms with Gasteiger partial charge in [0.05, 0.1) is 0 Å². The Kier molecular flexibility index (Phi) is 5.13. The molecule has 0 radical (unpaired) electrons. The fourth-order valence-corrected chi connectivity index (χ4v) is 4.90. The second-order valence-corrected chi connectivity index (χ2v) is 9.12. The van der Waals surface area contributed by atoms with Crippen LogP contribution in [-0.2, 0) is 4.43 Å². The lowest BCUT2D eigenvalue weighted by Gasteiger charge is -2.29. The maximum Gasteiger partial charge on any atom is 0.192 e. The van der Waals surface area contributed by atoms with Crippen LogP contribution >= 0.6 is 0 Å². The molecule has 0 aromatic carbocycles. The summed E-state index contributed by atoms with van der Waals surface area (Å²) in [6.07, 6.45) is 2.63. The number of nitrogens with one attached hydrogen (secondary N) is 1. The molecule has 0 amide bonds. The fraction of sp³-hybridized carbons (Fsp3) is 1.00. The molecule has 0 spiro atoms. The smallest absolute Gasteiger partial charge is 0.192 e. The molecule has 1 saturated heterocycles. The van der Waals surface area contributed by atoms with E-state index in [1.54, 1.807) is 0 Å². The molecule has 1 N–H and O–H groups in total. The lowest BCUT2D eigenvalue weighted by molar-refractivity contribution is 0.261. The van der Waals surface area contributed by atoms with Gasteiger partial charge >= 0.3 is 0 Å². The standard InChI is InChI=1S/C11H25NOSi/c1-4-14(5-2,6-3)13-10-11-8-7-9-12-11/h11-12H,4-10H2,1-3H3/t11-/m0/s1. The van der Waals surface area contributed by atoms with Gasteiger partial charge in [0.15, 0.2) is 8.32 Å². The van der Waals surface area contributed by atoms with Crippen LogP contribution < -0.4 is 5.32 Å². The van der Waals surface area contributed by atoms with Crippen LogP contribution in [0.25, 0.3) is 0 Å². The third-order valence-corrected chi connectivity index (χ3v) is 8.33. The molecule has 1 aliphatic rings. The summed E-state index contributed by atoms with van der Waals surface area (Å²) in [6.45, 7) is 9.03. The van der Waals surface area contributed by atoms with E-state index in [-0.39, 0.29) is 0 Å². The van der Waals surface area contributed by atoms with Crippen LogP contribution in [0.15, 0.2) is 0 Å². The molecule has 1 rings (SSSR count). The predicted octanol–water partition coefficient (Wildman–Crippen LogP) is 2.76. The van der Waals surface area contributed by atoms with Crippen molar-refractivity contribution in [2.45, 2.75) is 57.8 Å². The van der Waals surface area contributed by atoms with Crippen molar-refractivity contribution in [3.63, 3.8) is 0 Å². The molecule has 0 aromatic heterocycles. The van der Waals surface area contributed by atoms with Crippen molar-refractivity contribution in [1.29, 1.82) is 0 Å². The Morgan fingerprint density at radius 2 is 1.86 bits per heavy atom. The molecule has 1 atom stereocenters. The van der Waals surface area contributed by atoms with Crippen LogP contribution in [0.1, 0.15) is 33.6 Å². The van der Waals surface area contributed by atoms with E-state index < -0.39 is 8.32 Å². The summed E-state index contributed by atoms with van der Waals surface area (Å²) in [5, 5.41) is 3.50. The first kappa shape index (κ1) is 12.2. The molecule has 14 heavy (non-hydrogen) atoms. The largest absolute Gasteiger partial charge is 0.415 e. The molecule has 0 saturated carbocycles. The van der Waals surface area contributed by atoms with Crippen LogP contribution in [0, 0.1) is 0 Å². The average Bonchev–Trinajstić information content (AvgIpc) is 2.74. The van der Waals surface area contributed by atoms with E-state index in [0.717, 1.165) is 6.61 Å². The summed E-state index contributed by atoms with van der Waals surface area (Å²) in [5.41, 5.74) is 0. The Balaban J connectivity index is 2.31. The minimum atomic E-state index is -1.32. The highest BCUT2D eigenvalue weighted by Crippen LogP contribution is 2.22. The SMILES string of the molecule is CC[Si](CC)(CC)OC[C@@H]1CCCN1. The predicted molar refractivity (Wildman–Crippen MR) is 64.2 cm³/mol. The summed E-state index contributed by atoms with van der Waals surface area (Å²) in [6, 6.07) is 4.46. The zero-order valence-electron chi connectivity index (χ0n) is 9.94. The summed E-state index contributed by atoms with van der Waals surface area (Å²) < 4.78 is 6.24. The van der Waals surface area contributed by atoms with Crippen LogP contribution in [0.4, 0.5) is 0 Å². The zero-order valence-corrected chi connectivity index (χ0v) is 10.9. The molecule has 1 aliphatic heterocycles. The van der Waals surface area contributed by atoms with E-state index in [4.69, 9.17) is 4.43 Å². The highest BCUT2D eigenvalue weighted by molar-refractivity contribution is 6.73. The van der Waals surface area contributed by atoms with Gasteiger partial charge in [-0.3, -0.25) is 0 Å². The van der Waals surface area contributed by atoms with E-state index in [1.165, 1.54) is 37.5 Å². The van der Waals surface area contributed by atoms with Crippen molar-refractivity contribution in [3.8, 4) is 0 Å². The molecule has 2 nitrogen and oxygen atoms in total. The molecule has 0 bridgehead atoms. The Morgan fingerprint density at radius 3 is 2.29 bits per heavy atom. The minimum absolute atomic E-state index is 0.645. The maximum absolute atomic E-state index is 6.24. The average molecular weight is 215 g/mol. The van der Waals surface area contributed by atoms with E-state index in [9.17, 15) is 0 Å². The molecule has 0 unspecified atom stereocenters. The highest BCUT2D eigenvalue weighted by atomic mass is 28.4. The molecular weight excluding hydrogens is 190 g/mol. The van der Waals surface area contributed by atoms with Crippen molar-refractivity contribution < 1.29 is 4.43 Å². The van der Waals surface area contributed by atoms with Gasteiger partial charge in [-0.1, -0.05) is 20.8 Å². The van der Waals surface area contributed by atoms with Crippen LogP contribution in [0.5, 0.6) is 0 Å². The van der Waals surface area contributed by atoms with Crippen molar-refractivity contribution in [3.05, 3.63) is 0 Å². The third-order valence-electron chi connectivity index (χ3n) is 3.69. The molecular formula is C11H25NOSi. The van der Waals surface area contributed by atoms with Gasteiger partial charge in [0, 0.05) is 12.6 Å². The Labute approximate surface area is 89.6 Å². The van der Waals surface area contributed by atoms with Gasteiger partial charge in [0.2, 0.25) is 0 Å². The molecule has 1 heterocycles. The number of hydrogen-bond donors (Lipinski definition) is 1. The molecule has 0 aromatic rings. The maximum atomic E-state index is 6.24. The van der Waals surface area contributed by atoms with Crippen molar-refractivity contribution in [2.75, 3.05) is 13.2 Å². The molecule has 3 heteroatoms. The van der Waals surface area contributed by atoms with Crippen molar-refractivity contribution in [2.24, 2.45) is 0 Å². The first-order valence-corrected chi connectivity index (χ1v) is 8.66. The van der Waals surface area contributed by atoms with Gasteiger partial charge < -0.3 is 9.74 Å². The summed E-state index contributed by atoms with van der Waals surface area (Å²) in [4.78, 5) is 0. The Morgan fingerprint density at radius 1 is 1.21 bits per heavy atom. The Hall–Kier alpha value is 0.137. The third kappa shape index (κ3) is 3.07. The topological polar surface area (TPSA) is 21.3 Å². The van der Waals surface area contributed by atoms with E-state index in [0.29, 0.717) is 6.04 Å². The van der Waals surface area contributed by atoms with Crippen molar-refractivity contribution in [1.82, 2.24) is 5.32 Å². The van der Waals surface area contributed by atoms with Gasteiger partial charge in [0.25, 0.3) is 0 Å². The minimum Gasteiger partial charge on any atom is -0.415 e. The summed E-state index contributed by atoms with van der Waals surface area (Å²) in [7, 11) is -1.32. The second kappa shape index (κ2) is 5.88. The number of rotatable bonds is 6. The molecule has 84 valence electrons. The summed E-state index contributed by atoms with van der Waals surface area (Å²) in [5.74, 6) is 0. The lowest BCUT2D eigenvalue weighted by Crippen LogP contribution is -2.40. The van der Waals surface area contributed by atoms with Crippen LogP contribution in [-0.4, -0.2) is 27.5 Å². The molecule has 0 aliphatic carbocycles.